The molecule has 3 nitrogen and oxygen atoms in total. The van der Waals surface area contributed by atoms with E-state index in [2.05, 4.69) is 4.98 Å². The molecule has 0 aliphatic heterocycles. The summed E-state index contributed by atoms with van der Waals surface area (Å²) in [4.78, 5) is 4.10. The second kappa shape index (κ2) is 5.27. The lowest BCUT2D eigenvalue weighted by atomic mass is 10.1. The van der Waals surface area contributed by atoms with Crippen LogP contribution in [0.15, 0.2) is 30.6 Å². The van der Waals surface area contributed by atoms with Crippen LogP contribution < -0.4 is 5.73 Å². The molecule has 5 heteroatoms. The van der Waals surface area contributed by atoms with Gasteiger partial charge in [0.2, 0.25) is 0 Å². The van der Waals surface area contributed by atoms with Gasteiger partial charge in [-0.2, -0.15) is 0 Å². The monoisotopic (exact) mass is 251 g/mol. The Hall–Kier alpha value is -1.75. The summed E-state index contributed by atoms with van der Waals surface area (Å²) >= 11 is 0. The van der Waals surface area contributed by atoms with Gasteiger partial charge in [-0.3, -0.25) is 0 Å². The lowest BCUT2D eigenvalue weighted by Crippen LogP contribution is -2.20. The maximum atomic E-state index is 13.7. The lowest BCUT2D eigenvalue weighted by Gasteiger charge is -2.15. The van der Waals surface area contributed by atoms with E-state index in [0.717, 1.165) is 13.0 Å². The number of nitrogens with two attached hydrogens (primary N) is 1. The number of aryl methyl sites for hydroxylation is 1. The molecule has 96 valence electrons. The largest absolute Gasteiger partial charge is 0.333 e. The first-order chi connectivity index (χ1) is 8.65. The van der Waals surface area contributed by atoms with Crippen LogP contribution in [0.3, 0.4) is 0 Å². The Morgan fingerprint density at radius 2 is 2.00 bits per heavy atom. The smallest absolute Gasteiger partial charge is 0.131 e. The van der Waals surface area contributed by atoms with E-state index in [4.69, 9.17) is 5.73 Å². The molecule has 0 aliphatic rings. The van der Waals surface area contributed by atoms with Gasteiger partial charge in [0.1, 0.15) is 17.5 Å². The molecule has 0 spiro atoms. The molecular weight excluding hydrogens is 236 g/mol. The average molecular weight is 251 g/mol. The van der Waals surface area contributed by atoms with E-state index in [1.54, 1.807) is 12.4 Å². The lowest BCUT2D eigenvalue weighted by molar-refractivity contribution is 0.525. The minimum absolute atomic E-state index is 0.138. The summed E-state index contributed by atoms with van der Waals surface area (Å²) in [6, 6.07) is 2.82. The summed E-state index contributed by atoms with van der Waals surface area (Å²) in [6.07, 6.45) is 4.25. The van der Waals surface area contributed by atoms with Crippen LogP contribution in [0.4, 0.5) is 8.78 Å². The van der Waals surface area contributed by atoms with Crippen molar-refractivity contribution in [2.75, 3.05) is 0 Å². The molecule has 0 fully saturated rings. The first kappa shape index (κ1) is 12.7. The van der Waals surface area contributed by atoms with Gasteiger partial charge >= 0.3 is 0 Å². The quantitative estimate of drug-likeness (QED) is 0.907. The second-order valence-electron chi connectivity index (χ2n) is 4.09. The highest BCUT2D eigenvalue weighted by atomic mass is 19.1. The topological polar surface area (TPSA) is 43.8 Å². The highest BCUT2D eigenvalue weighted by molar-refractivity contribution is 5.28. The van der Waals surface area contributed by atoms with Crippen molar-refractivity contribution < 1.29 is 8.78 Å². The van der Waals surface area contributed by atoms with Gasteiger partial charge in [-0.05, 0) is 18.6 Å². The molecule has 1 atom stereocenters. The molecule has 1 aromatic carbocycles. The molecule has 1 unspecified atom stereocenters. The van der Waals surface area contributed by atoms with Crippen molar-refractivity contribution in [2.45, 2.75) is 25.9 Å². The SMILES string of the molecule is CCCn1ccnc1C(N)c1c(F)cccc1F. The Bertz CT molecular complexity index is 517. The highest BCUT2D eigenvalue weighted by Gasteiger charge is 2.21. The predicted molar refractivity (Wildman–Crippen MR) is 64.9 cm³/mol. The average Bonchev–Trinajstić information content (AvgIpc) is 2.77. The third kappa shape index (κ3) is 2.26. The summed E-state index contributed by atoms with van der Waals surface area (Å²) in [5, 5.41) is 0. The molecule has 0 saturated heterocycles. The molecule has 2 N–H and O–H groups in total. The maximum absolute atomic E-state index is 13.7. The van der Waals surface area contributed by atoms with Gasteiger partial charge in [-0.25, -0.2) is 13.8 Å². The molecule has 0 aliphatic carbocycles. The molecule has 0 saturated carbocycles. The zero-order valence-electron chi connectivity index (χ0n) is 10.1. The Morgan fingerprint density at radius 3 is 2.61 bits per heavy atom. The van der Waals surface area contributed by atoms with Crippen molar-refractivity contribution >= 4 is 0 Å². The van der Waals surface area contributed by atoms with Crippen molar-refractivity contribution in [3.63, 3.8) is 0 Å². The number of rotatable bonds is 4. The number of aromatic nitrogens is 2. The van der Waals surface area contributed by atoms with Crippen LogP contribution in [0.2, 0.25) is 0 Å². The van der Waals surface area contributed by atoms with Crippen LogP contribution in [0.25, 0.3) is 0 Å². The molecule has 1 aromatic heterocycles. The van der Waals surface area contributed by atoms with Gasteiger partial charge < -0.3 is 10.3 Å². The van der Waals surface area contributed by atoms with Crippen molar-refractivity contribution in [3.05, 3.63) is 53.6 Å². The Kier molecular flexibility index (Phi) is 3.72. The van der Waals surface area contributed by atoms with Gasteiger partial charge in [-0.15, -0.1) is 0 Å². The minimum Gasteiger partial charge on any atom is -0.333 e. The number of nitrogens with zero attached hydrogens (tertiary/aromatic N) is 2. The summed E-state index contributed by atoms with van der Waals surface area (Å²) in [7, 11) is 0. The van der Waals surface area contributed by atoms with E-state index < -0.39 is 17.7 Å². The molecule has 2 aromatic rings. The number of hydrogen-bond donors (Lipinski definition) is 1. The minimum atomic E-state index is -0.896. The molecule has 0 radical (unpaired) electrons. The van der Waals surface area contributed by atoms with E-state index in [-0.39, 0.29) is 5.56 Å². The Morgan fingerprint density at radius 1 is 1.33 bits per heavy atom. The Labute approximate surface area is 104 Å². The fourth-order valence-corrected chi connectivity index (χ4v) is 1.97. The fourth-order valence-electron chi connectivity index (χ4n) is 1.97. The number of halogens is 2. The van der Waals surface area contributed by atoms with Crippen LogP contribution in [-0.2, 0) is 6.54 Å². The van der Waals surface area contributed by atoms with Gasteiger partial charge in [0.15, 0.2) is 0 Å². The van der Waals surface area contributed by atoms with Crippen LogP contribution in [0.1, 0.15) is 30.8 Å². The number of imidazole rings is 1. The number of hydrogen-bond acceptors (Lipinski definition) is 2. The summed E-state index contributed by atoms with van der Waals surface area (Å²) < 4.78 is 29.1. The van der Waals surface area contributed by atoms with Gasteiger partial charge in [-0.1, -0.05) is 13.0 Å². The Balaban J connectivity index is 2.41. The van der Waals surface area contributed by atoms with Crippen LogP contribution >= 0.6 is 0 Å². The normalized spacial score (nSPS) is 12.7. The molecule has 2 rings (SSSR count). The van der Waals surface area contributed by atoms with E-state index in [1.165, 1.54) is 18.2 Å². The van der Waals surface area contributed by atoms with E-state index in [0.29, 0.717) is 5.82 Å². The zero-order chi connectivity index (χ0) is 13.1. The third-order valence-corrected chi connectivity index (χ3v) is 2.80. The standard InChI is InChI=1S/C13H15F2N3/c1-2-7-18-8-6-17-13(18)12(16)11-9(14)4-3-5-10(11)15/h3-6,8,12H,2,7,16H2,1H3. The van der Waals surface area contributed by atoms with Crippen molar-refractivity contribution in [3.8, 4) is 0 Å². The highest BCUT2D eigenvalue weighted by Crippen LogP contribution is 2.23. The van der Waals surface area contributed by atoms with Crippen molar-refractivity contribution in [1.82, 2.24) is 9.55 Å². The maximum Gasteiger partial charge on any atom is 0.131 e. The zero-order valence-corrected chi connectivity index (χ0v) is 10.1. The van der Waals surface area contributed by atoms with E-state index in [1.807, 2.05) is 11.5 Å². The van der Waals surface area contributed by atoms with Crippen LogP contribution in [0.5, 0.6) is 0 Å². The predicted octanol–water partition coefficient (Wildman–Crippen LogP) is 2.62. The van der Waals surface area contributed by atoms with E-state index in [9.17, 15) is 8.78 Å². The first-order valence-corrected chi connectivity index (χ1v) is 5.85. The number of benzene rings is 1. The summed E-state index contributed by atoms with van der Waals surface area (Å²) in [5.74, 6) is -0.817. The first-order valence-electron chi connectivity index (χ1n) is 5.85. The molecule has 0 bridgehead atoms. The summed E-state index contributed by atoms with van der Waals surface area (Å²) in [6.45, 7) is 2.73. The third-order valence-electron chi connectivity index (χ3n) is 2.80. The molecule has 18 heavy (non-hydrogen) atoms. The fraction of sp³-hybridized carbons (Fsp3) is 0.308. The van der Waals surface area contributed by atoms with Crippen LogP contribution in [0, 0.1) is 11.6 Å². The summed E-state index contributed by atoms with van der Waals surface area (Å²) in [5.41, 5.74) is 5.79. The van der Waals surface area contributed by atoms with Crippen molar-refractivity contribution in [1.29, 1.82) is 0 Å². The van der Waals surface area contributed by atoms with Crippen LogP contribution in [-0.4, -0.2) is 9.55 Å². The molecular formula is C13H15F2N3. The molecule has 0 amide bonds. The van der Waals surface area contributed by atoms with Crippen molar-refractivity contribution in [2.24, 2.45) is 5.73 Å². The van der Waals surface area contributed by atoms with Gasteiger partial charge in [0.25, 0.3) is 0 Å². The van der Waals surface area contributed by atoms with E-state index >= 15 is 0 Å². The van der Waals surface area contributed by atoms with Gasteiger partial charge in [0, 0.05) is 24.5 Å². The molecule has 1 heterocycles. The second-order valence-corrected chi connectivity index (χ2v) is 4.09. The van der Waals surface area contributed by atoms with Gasteiger partial charge in [0.05, 0.1) is 6.04 Å².